The first-order valence-electron chi connectivity index (χ1n) is 6.52. The van der Waals surface area contributed by atoms with E-state index < -0.39 is 6.04 Å². The van der Waals surface area contributed by atoms with Crippen molar-refractivity contribution in [2.75, 3.05) is 0 Å². The van der Waals surface area contributed by atoms with Crippen LogP contribution in [-0.2, 0) is 20.9 Å². The molecule has 0 bridgehead atoms. The highest BCUT2D eigenvalue weighted by Gasteiger charge is 2.26. The number of nitrogens with one attached hydrogen (secondary N) is 1. The minimum atomic E-state index is -0.578. The average Bonchev–Trinajstić information content (AvgIpc) is 2.42. The molecule has 0 radical (unpaired) electrons. The van der Waals surface area contributed by atoms with Gasteiger partial charge >= 0.3 is 5.97 Å². The van der Waals surface area contributed by atoms with E-state index in [2.05, 4.69) is 5.32 Å². The molecule has 0 saturated carbocycles. The third-order valence-corrected chi connectivity index (χ3v) is 3.05. The molecule has 0 aliphatic heterocycles. The smallest absolute Gasteiger partial charge is 0.329 e. The van der Waals surface area contributed by atoms with Gasteiger partial charge in [0.2, 0.25) is 5.91 Å². The molecule has 1 rings (SSSR count). The zero-order valence-electron chi connectivity index (χ0n) is 11.7. The van der Waals surface area contributed by atoms with Crippen molar-refractivity contribution in [1.29, 1.82) is 0 Å². The highest BCUT2D eigenvalue weighted by molar-refractivity contribution is 5.83. The molecule has 0 heterocycles. The van der Waals surface area contributed by atoms with Crippen molar-refractivity contribution in [3.8, 4) is 0 Å². The van der Waals surface area contributed by atoms with Gasteiger partial charge in [0.25, 0.3) is 0 Å². The fourth-order valence-corrected chi connectivity index (χ4v) is 1.71. The van der Waals surface area contributed by atoms with E-state index in [-0.39, 0.29) is 24.4 Å². The van der Waals surface area contributed by atoms with Gasteiger partial charge in [-0.2, -0.15) is 0 Å². The molecule has 0 fully saturated rings. The average molecular weight is 263 g/mol. The van der Waals surface area contributed by atoms with Gasteiger partial charge in [-0.25, -0.2) is 4.79 Å². The number of carbonyl (C=O) groups excluding carboxylic acids is 2. The van der Waals surface area contributed by atoms with Crippen molar-refractivity contribution in [3.63, 3.8) is 0 Å². The van der Waals surface area contributed by atoms with Gasteiger partial charge in [0.15, 0.2) is 0 Å². The van der Waals surface area contributed by atoms with Crippen LogP contribution in [0, 0.1) is 5.92 Å². The van der Waals surface area contributed by atoms with Gasteiger partial charge in [-0.15, -0.1) is 0 Å². The summed E-state index contributed by atoms with van der Waals surface area (Å²) < 4.78 is 5.26. The number of carbonyl (C=O) groups is 2. The van der Waals surface area contributed by atoms with Crippen LogP contribution in [0.25, 0.3) is 0 Å². The number of ether oxygens (including phenoxy) is 1. The van der Waals surface area contributed by atoms with Gasteiger partial charge in [0, 0.05) is 6.92 Å². The lowest BCUT2D eigenvalue weighted by Crippen LogP contribution is -2.45. The highest BCUT2D eigenvalue weighted by atomic mass is 16.5. The minimum Gasteiger partial charge on any atom is -0.459 e. The molecular formula is C15H21NO3. The Balaban J connectivity index is 2.59. The van der Waals surface area contributed by atoms with Crippen molar-refractivity contribution in [2.45, 2.75) is 39.8 Å². The van der Waals surface area contributed by atoms with Crippen LogP contribution in [0.2, 0.25) is 0 Å². The quantitative estimate of drug-likeness (QED) is 0.801. The number of esters is 1. The molecule has 19 heavy (non-hydrogen) atoms. The topological polar surface area (TPSA) is 55.4 Å². The van der Waals surface area contributed by atoms with Gasteiger partial charge in [0.05, 0.1) is 0 Å². The number of hydrogen-bond donors (Lipinski definition) is 1. The zero-order valence-corrected chi connectivity index (χ0v) is 11.7. The molecule has 0 aromatic heterocycles. The number of benzene rings is 1. The molecule has 0 aliphatic rings. The van der Waals surface area contributed by atoms with Crippen LogP contribution >= 0.6 is 0 Å². The molecule has 1 aromatic rings. The van der Waals surface area contributed by atoms with E-state index in [9.17, 15) is 9.59 Å². The fraction of sp³-hybridized carbons (Fsp3) is 0.467. The Kier molecular flexibility index (Phi) is 6.06. The lowest BCUT2D eigenvalue weighted by molar-refractivity contribution is -0.150. The first-order chi connectivity index (χ1) is 9.04. The van der Waals surface area contributed by atoms with Crippen molar-refractivity contribution < 1.29 is 14.3 Å². The van der Waals surface area contributed by atoms with Gasteiger partial charge in [-0.3, -0.25) is 4.79 Å². The lowest BCUT2D eigenvalue weighted by atomic mass is 9.99. The Morgan fingerprint density at radius 1 is 1.26 bits per heavy atom. The van der Waals surface area contributed by atoms with E-state index in [0.717, 1.165) is 12.0 Å². The van der Waals surface area contributed by atoms with E-state index in [4.69, 9.17) is 4.74 Å². The van der Waals surface area contributed by atoms with Gasteiger partial charge in [-0.05, 0) is 11.5 Å². The SMILES string of the molecule is CC[C@H](C)[C@H](NC(C)=O)C(=O)OCc1ccccc1. The Labute approximate surface area is 114 Å². The monoisotopic (exact) mass is 263 g/mol. The summed E-state index contributed by atoms with van der Waals surface area (Å²) in [5.74, 6) is -0.553. The van der Waals surface area contributed by atoms with Crippen LogP contribution in [-0.4, -0.2) is 17.9 Å². The first kappa shape index (κ1) is 15.2. The molecule has 0 unspecified atom stereocenters. The summed E-state index contributed by atoms with van der Waals surface area (Å²) in [6, 6.07) is 8.90. The second-order valence-corrected chi connectivity index (χ2v) is 4.66. The highest BCUT2D eigenvalue weighted by Crippen LogP contribution is 2.11. The van der Waals surface area contributed by atoms with Crippen LogP contribution in [0.15, 0.2) is 30.3 Å². The summed E-state index contributed by atoms with van der Waals surface area (Å²) >= 11 is 0. The van der Waals surface area contributed by atoms with Crippen LogP contribution in [0.1, 0.15) is 32.8 Å². The zero-order chi connectivity index (χ0) is 14.3. The van der Waals surface area contributed by atoms with Crippen molar-refractivity contribution in [1.82, 2.24) is 5.32 Å². The first-order valence-corrected chi connectivity index (χ1v) is 6.52. The maximum absolute atomic E-state index is 12.0. The Bertz CT molecular complexity index is 417. The predicted octanol–water partition coefficient (Wildman–Crippen LogP) is 2.28. The second kappa shape index (κ2) is 7.56. The third kappa shape index (κ3) is 5.12. The van der Waals surface area contributed by atoms with E-state index >= 15 is 0 Å². The van der Waals surface area contributed by atoms with Crippen molar-refractivity contribution in [3.05, 3.63) is 35.9 Å². The van der Waals surface area contributed by atoms with E-state index in [1.807, 2.05) is 44.2 Å². The maximum Gasteiger partial charge on any atom is 0.329 e. The Hall–Kier alpha value is -1.84. The van der Waals surface area contributed by atoms with Crippen LogP contribution < -0.4 is 5.32 Å². The van der Waals surface area contributed by atoms with Crippen LogP contribution in [0.3, 0.4) is 0 Å². The standard InChI is InChI=1S/C15H21NO3/c1-4-11(2)14(16-12(3)17)15(18)19-10-13-8-6-5-7-9-13/h5-9,11,14H,4,10H2,1-3H3,(H,16,17)/t11-,14-/m0/s1. The summed E-state index contributed by atoms with van der Waals surface area (Å²) in [4.78, 5) is 23.1. The molecule has 0 aliphatic carbocycles. The number of rotatable bonds is 6. The largest absolute Gasteiger partial charge is 0.459 e. The molecule has 104 valence electrons. The number of hydrogen-bond acceptors (Lipinski definition) is 3. The summed E-state index contributed by atoms with van der Waals surface area (Å²) in [7, 11) is 0. The molecule has 4 heteroatoms. The van der Waals surface area contributed by atoms with Gasteiger partial charge < -0.3 is 10.1 Å². The second-order valence-electron chi connectivity index (χ2n) is 4.66. The molecule has 2 atom stereocenters. The summed E-state index contributed by atoms with van der Waals surface area (Å²) in [5.41, 5.74) is 0.932. The molecular weight excluding hydrogens is 242 g/mol. The van der Waals surface area contributed by atoms with E-state index in [1.165, 1.54) is 6.92 Å². The molecule has 1 aromatic carbocycles. The van der Waals surface area contributed by atoms with E-state index in [1.54, 1.807) is 0 Å². The maximum atomic E-state index is 12.0. The molecule has 0 spiro atoms. The van der Waals surface area contributed by atoms with Crippen molar-refractivity contribution in [2.24, 2.45) is 5.92 Å². The number of amides is 1. The normalized spacial score (nSPS) is 13.4. The predicted molar refractivity (Wildman–Crippen MR) is 73.3 cm³/mol. The van der Waals surface area contributed by atoms with Gasteiger partial charge in [-0.1, -0.05) is 50.6 Å². The minimum absolute atomic E-state index is 0.0483. The van der Waals surface area contributed by atoms with Crippen LogP contribution in [0.4, 0.5) is 0 Å². The third-order valence-electron chi connectivity index (χ3n) is 3.05. The fourth-order valence-electron chi connectivity index (χ4n) is 1.71. The van der Waals surface area contributed by atoms with E-state index in [0.29, 0.717) is 0 Å². The molecule has 0 saturated heterocycles. The molecule has 4 nitrogen and oxygen atoms in total. The lowest BCUT2D eigenvalue weighted by Gasteiger charge is -2.22. The van der Waals surface area contributed by atoms with Crippen LogP contribution in [0.5, 0.6) is 0 Å². The van der Waals surface area contributed by atoms with Crippen molar-refractivity contribution >= 4 is 11.9 Å². The Morgan fingerprint density at radius 2 is 1.89 bits per heavy atom. The summed E-state index contributed by atoms with van der Waals surface area (Å²) in [6.45, 7) is 5.53. The molecule has 1 N–H and O–H groups in total. The summed E-state index contributed by atoms with van der Waals surface area (Å²) in [6.07, 6.45) is 0.797. The Morgan fingerprint density at radius 3 is 2.42 bits per heavy atom. The summed E-state index contributed by atoms with van der Waals surface area (Å²) in [5, 5.41) is 2.65. The van der Waals surface area contributed by atoms with Gasteiger partial charge in [0.1, 0.15) is 12.6 Å². The molecule has 1 amide bonds.